The molecule has 0 spiro atoms. The van der Waals surface area contributed by atoms with Gasteiger partial charge in [0.1, 0.15) is 18.9 Å². The Bertz CT molecular complexity index is 579. The van der Waals surface area contributed by atoms with Crippen LogP contribution in [0.1, 0.15) is 10.5 Å². The summed E-state index contributed by atoms with van der Waals surface area (Å²) in [4.78, 5) is 11.8. The second kappa shape index (κ2) is 5.87. The van der Waals surface area contributed by atoms with Gasteiger partial charge in [-0.3, -0.25) is 4.79 Å². The molecule has 106 valence electrons. The quantitative estimate of drug-likeness (QED) is 0.793. The summed E-state index contributed by atoms with van der Waals surface area (Å²) in [6.07, 6.45) is -3.04. The van der Waals surface area contributed by atoms with Crippen LogP contribution in [0.25, 0.3) is 5.69 Å². The van der Waals surface area contributed by atoms with Crippen LogP contribution in [0.15, 0.2) is 42.6 Å². The van der Waals surface area contributed by atoms with Gasteiger partial charge in [-0.15, -0.1) is 0 Å². The Morgan fingerprint density at radius 2 is 1.90 bits per heavy atom. The monoisotopic (exact) mass is 284 g/mol. The normalized spacial score (nSPS) is 11.6. The van der Waals surface area contributed by atoms with E-state index >= 15 is 0 Å². The third-order valence-electron chi connectivity index (χ3n) is 2.43. The Morgan fingerprint density at radius 1 is 1.20 bits per heavy atom. The van der Waals surface area contributed by atoms with Gasteiger partial charge in [-0.1, -0.05) is 18.2 Å². The molecule has 0 aliphatic carbocycles. The molecule has 0 fully saturated rings. The molecule has 0 radical (unpaired) electrons. The zero-order chi connectivity index (χ0) is 14.6. The highest BCUT2D eigenvalue weighted by atomic mass is 19.4. The second-order valence-electron chi connectivity index (χ2n) is 3.99. The first-order valence-corrected chi connectivity index (χ1v) is 5.74. The number of hydrogen-bond donors (Lipinski definition) is 0. The van der Waals surface area contributed by atoms with Crippen molar-refractivity contribution in [1.29, 1.82) is 0 Å². The molecule has 1 aromatic heterocycles. The molecule has 1 aromatic carbocycles. The fourth-order valence-corrected chi connectivity index (χ4v) is 1.62. The number of halogens is 3. The number of nitrogens with zero attached hydrogens (tertiary/aromatic N) is 2. The van der Waals surface area contributed by atoms with E-state index in [0.717, 1.165) is 0 Å². The fourth-order valence-electron chi connectivity index (χ4n) is 1.62. The highest BCUT2D eigenvalue weighted by Gasteiger charge is 2.28. The third-order valence-corrected chi connectivity index (χ3v) is 2.43. The van der Waals surface area contributed by atoms with Gasteiger partial charge in [-0.05, 0) is 18.2 Å². The van der Waals surface area contributed by atoms with Gasteiger partial charge in [-0.25, -0.2) is 4.68 Å². The number of para-hydroxylation sites is 1. The summed E-state index contributed by atoms with van der Waals surface area (Å²) in [5.41, 5.74) is 0.829. The van der Waals surface area contributed by atoms with E-state index in [0.29, 0.717) is 5.69 Å². The van der Waals surface area contributed by atoms with Crippen LogP contribution in [0.4, 0.5) is 13.2 Å². The topological polar surface area (TPSA) is 44.1 Å². The number of benzene rings is 1. The number of alkyl halides is 3. The first kappa shape index (κ1) is 14.3. The minimum atomic E-state index is -4.44. The summed E-state index contributed by atoms with van der Waals surface area (Å²) in [6.45, 7) is -2.09. The maximum absolute atomic E-state index is 11.9. The first-order valence-electron chi connectivity index (χ1n) is 5.74. The average molecular weight is 284 g/mol. The molecule has 2 aromatic rings. The highest BCUT2D eigenvalue weighted by molar-refractivity contribution is 5.96. The van der Waals surface area contributed by atoms with Gasteiger partial charge < -0.3 is 4.74 Å². The van der Waals surface area contributed by atoms with E-state index in [1.165, 1.54) is 16.9 Å². The Hall–Kier alpha value is -2.15. The average Bonchev–Trinajstić information content (AvgIpc) is 2.87. The molecule has 0 saturated heterocycles. The Balaban J connectivity index is 2.07. The van der Waals surface area contributed by atoms with Crippen LogP contribution < -0.4 is 0 Å². The van der Waals surface area contributed by atoms with E-state index in [9.17, 15) is 18.0 Å². The molecule has 20 heavy (non-hydrogen) atoms. The van der Waals surface area contributed by atoms with E-state index in [-0.39, 0.29) is 5.69 Å². The van der Waals surface area contributed by atoms with E-state index in [1.54, 1.807) is 30.3 Å². The van der Waals surface area contributed by atoms with Gasteiger partial charge in [-0.2, -0.15) is 18.3 Å². The predicted octanol–water partition coefficient (Wildman–Crippen LogP) is 2.63. The van der Waals surface area contributed by atoms with Gasteiger partial charge >= 0.3 is 6.18 Å². The van der Waals surface area contributed by atoms with E-state index in [4.69, 9.17) is 0 Å². The molecule has 0 unspecified atom stereocenters. The van der Waals surface area contributed by atoms with Gasteiger partial charge in [0.15, 0.2) is 0 Å². The lowest BCUT2D eigenvalue weighted by Gasteiger charge is -2.08. The SMILES string of the molecule is O=C(COCC(F)(F)F)c1ccnn1-c1ccccc1. The van der Waals surface area contributed by atoms with Crippen molar-refractivity contribution in [3.8, 4) is 5.69 Å². The van der Waals surface area contributed by atoms with Crippen LogP contribution in [0.2, 0.25) is 0 Å². The predicted molar refractivity (Wildman–Crippen MR) is 64.8 cm³/mol. The van der Waals surface area contributed by atoms with E-state index in [2.05, 4.69) is 9.84 Å². The number of Topliss-reactive ketones (excluding diaryl/α,β-unsaturated/α-hetero) is 1. The van der Waals surface area contributed by atoms with Gasteiger partial charge in [0, 0.05) is 0 Å². The zero-order valence-corrected chi connectivity index (χ0v) is 10.3. The van der Waals surface area contributed by atoms with Crippen molar-refractivity contribution in [3.05, 3.63) is 48.3 Å². The summed E-state index contributed by atoms with van der Waals surface area (Å²) < 4.78 is 41.5. The zero-order valence-electron chi connectivity index (χ0n) is 10.3. The largest absolute Gasteiger partial charge is 0.411 e. The lowest BCUT2D eigenvalue weighted by atomic mass is 10.2. The van der Waals surface area contributed by atoms with E-state index in [1.807, 2.05) is 0 Å². The number of carbonyl (C=O) groups is 1. The standard InChI is InChI=1S/C13H11F3N2O2/c14-13(15,16)9-20-8-12(19)11-6-7-17-18(11)10-4-2-1-3-5-10/h1-7H,8-9H2. The molecular weight excluding hydrogens is 273 g/mol. The lowest BCUT2D eigenvalue weighted by Crippen LogP contribution is -2.21. The Morgan fingerprint density at radius 3 is 2.55 bits per heavy atom. The van der Waals surface area contributed by atoms with Crippen LogP contribution in [0, 0.1) is 0 Å². The van der Waals surface area contributed by atoms with Crippen molar-refractivity contribution in [3.63, 3.8) is 0 Å². The lowest BCUT2D eigenvalue weighted by molar-refractivity contribution is -0.170. The van der Waals surface area contributed by atoms with Crippen molar-refractivity contribution in [1.82, 2.24) is 9.78 Å². The molecule has 0 bridgehead atoms. The number of ether oxygens (including phenoxy) is 1. The summed E-state index contributed by atoms with van der Waals surface area (Å²) in [7, 11) is 0. The number of rotatable bonds is 5. The van der Waals surface area contributed by atoms with Crippen LogP contribution in [-0.4, -0.2) is 35.0 Å². The summed E-state index contributed by atoms with van der Waals surface area (Å²) in [5, 5.41) is 3.98. The molecule has 0 N–H and O–H groups in total. The van der Waals surface area contributed by atoms with Crippen molar-refractivity contribution < 1.29 is 22.7 Å². The van der Waals surface area contributed by atoms with Crippen molar-refractivity contribution in [2.75, 3.05) is 13.2 Å². The second-order valence-corrected chi connectivity index (χ2v) is 3.99. The number of carbonyl (C=O) groups excluding carboxylic acids is 1. The molecule has 1 heterocycles. The summed E-state index contributed by atoms with van der Waals surface area (Å²) in [6, 6.07) is 10.3. The summed E-state index contributed by atoms with van der Waals surface area (Å²) >= 11 is 0. The number of aromatic nitrogens is 2. The molecule has 0 aliphatic rings. The van der Waals surface area contributed by atoms with Crippen LogP contribution in [-0.2, 0) is 4.74 Å². The minimum absolute atomic E-state index is 0.179. The van der Waals surface area contributed by atoms with Gasteiger partial charge in [0.05, 0.1) is 11.9 Å². The van der Waals surface area contributed by atoms with Crippen LogP contribution >= 0.6 is 0 Å². The van der Waals surface area contributed by atoms with Gasteiger partial charge in [0.2, 0.25) is 5.78 Å². The maximum Gasteiger partial charge on any atom is 0.411 e. The van der Waals surface area contributed by atoms with Gasteiger partial charge in [0.25, 0.3) is 0 Å². The van der Waals surface area contributed by atoms with Crippen molar-refractivity contribution in [2.45, 2.75) is 6.18 Å². The molecule has 0 atom stereocenters. The fraction of sp³-hybridized carbons (Fsp3) is 0.231. The maximum atomic E-state index is 11.9. The molecular formula is C13H11F3N2O2. The summed E-state index contributed by atoms with van der Waals surface area (Å²) in [5.74, 6) is -0.560. The number of ketones is 1. The Kier molecular flexibility index (Phi) is 4.19. The van der Waals surface area contributed by atoms with Crippen LogP contribution in [0.3, 0.4) is 0 Å². The molecule has 7 heteroatoms. The highest BCUT2D eigenvalue weighted by Crippen LogP contribution is 2.15. The molecule has 0 amide bonds. The smallest absolute Gasteiger partial charge is 0.364 e. The Labute approximate surface area is 112 Å². The van der Waals surface area contributed by atoms with Crippen LogP contribution in [0.5, 0.6) is 0 Å². The first-order chi connectivity index (χ1) is 9.47. The molecule has 0 saturated carbocycles. The third kappa shape index (κ3) is 3.67. The molecule has 2 rings (SSSR count). The van der Waals surface area contributed by atoms with E-state index < -0.39 is 25.2 Å². The minimum Gasteiger partial charge on any atom is -0.364 e. The molecule has 4 nitrogen and oxygen atoms in total. The van der Waals surface area contributed by atoms with Crippen molar-refractivity contribution in [2.24, 2.45) is 0 Å². The van der Waals surface area contributed by atoms with Crippen molar-refractivity contribution >= 4 is 5.78 Å². The molecule has 0 aliphatic heterocycles. The number of hydrogen-bond acceptors (Lipinski definition) is 3.